The number of hydrogen-bond donors (Lipinski definition) is 2. The number of esters is 1. The number of cyclic esters (lactones) is 1. The van der Waals surface area contributed by atoms with Gasteiger partial charge in [0.15, 0.2) is 0 Å². The van der Waals surface area contributed by atoms with Crippen LogP contribution in [0, 0.1) is 6.92 Å². The van der Waals surface area contributed by atoms with Crippen molar-refractivity contribution in [3.8, 4) is 11.5 Å². The van der Waals surface area contributed by atoms with E-state index < -0.39 is 11.8 Å². The van der Waals surface area contributed by atoms with Gasteiger partial charge >= 0.3 is 5.97 Å². The molecule has 1 aromatic carbocycles. The number of benzene rings is 1. The number of hydrogen-bond acceptors (Lipinski definition) is 6. The third-order valence-corrected chi connectivity index (χ3v) is 4.63. The first kappa shape index (κ1) is 21.0. The zero-order valence-corrected chi connectivity index (χ0v) is 16.6. The second-order valence-electron chi connectivity index (χ2n) is 6.94. The van der Waals surface area contributed by atoms with Gasteiger partial charge in [0.25, 0.3) is 0 Å². The van der Waals surface area contributed by atoms with Gasteiger partial charge in [-0.3, -0.25) is 0 Å². The van der Waals surface area contributed by atoms with E-state index >= 15 is 0 Å². The predicted molar refractivity (Wildman–Crippen MR) is 102 cm³/mol. The molecular formula is C21H28O6. The fraction of sp³-hybridized carbons (Fsp3) is 0.476. The van der Waals surface area contributed by atoms with Crippen molar-refractivity contribution >= 4 is 5.97 Å². The molecule has 1 atom stereocenters. The third-order valence-electron chi connectivity index (χ3n) is 4.63. The molecule has 0 saturated carbocycles. The Morgan fingerprint density at radius 3 is 2.63 bits per heavy atom. The van der Waals surface area contributed by atoms with Gasteiger partial charge in [0.2, 0.25) is 5.79 Å². The molecule has 0 saturated heterocycles. The van der Waals surface area contributed by atoms with Crippen molar-refractivity contribution in [3.05, 3.63) is 46.1 Å². The maximum absolute atomic E-state index is 12.1. The Hall–Kier alpha value is -2.31. The molecular weight excluding hydrogens is 348 g/mol. The minimum atomic E-state index is -1.70. The Morgan fingerprint density at radius 1 is 1.30 bits per heavy atom. The standard InChI is InChI=1S/C21H28O6/c1-13(7-6-8-14(2)12-22)9-10-26-17-11-16-18(19(25-5)15(17)3)20(23)27-21(16,4)24/h8-9,11,22,24H,6-7,10,12H2,1-5H3/b13-9+,14-8+. The molecule has 2 N–H and O–H groups in total. The van der Waals surface area contributed by atoms with E-state index in [2.05, 4.69) is 0 Å². The monoisotopic (exact) mass is 376 g/mol. The van der Waals surface area contributed by atoms with Crippen LogP contribution in [0.25, 0.3) is 0 Å². The van der Waals surface area contributed by atoms with Crippen LogP contribution >= 0.6 is 0 Å². The number of aliphatic hydroxyl groups is 2. The molecule has 0 aromatic heterocycles. The highest BCUT2D eigenvalue weighted by molar-refractivity contribution is 5.98. The number of allylic oxidation sites excluding steroid dienone is 2. The van der Waals surface area contributed by atoms with Crippen molar-refractivity contribution in [1.82, 2.24) is 0 Å². The van der Waals surface area contributed by atoms with Crippen LogP contribution in [-0.2, 0) is 10.5 Å². The Balaban J connectivity index is 2.14. The second-order valence-corrected chi connectivity index (χ2v) is 6.94. The number of fused-ring (bicyclic) bond motifs is 1. The molecule has 27 heavy (non-hydrogen) atoms. The van der Waals surface area contributed by atoms with Crippen LogP contribution in [0.1, 0.15) is 55.1 Å². The van der Waals surface area contributed by atoms with Crippen LogP contribution in [0.5, 0.6) is 11.5 Å². The number of methoxy groups -OCH3 is 1. The van der Waals surface area contributed by atoms with Gasteiger partial charge in [-0.2, -0.15) is 0 Å². The van der Waals surface area contributed by atoms with Crippen molar-refractivity contribution in [2.75, 3.05) is 20.3 Å². The Kier molecular flexibility index (Phi) is 6.68. The molecule has 2 rings (SSSR count). The highest BCUT2D eigenvalue weighted by atomic mass is 16.7. The topological polar surface area (TPSA) is 85.2 Å². The summed E-state index contributed by atoms with van der Waals surface area (Å²) < 4.78 is 16.3. The molecule has 1 heterocycles. The summed E-state index contributed by atoms with van der Waals surface area (Å²) in [4.78, 5) is 12.1. The number of carbonyl (C=O) groups excluding carboxylic acids is 1. The molecule has 0 radical (unpaired) electrons. The van der Waals surface area contributed by atoms with E-state index in [0.29, 0.717) is 29.2 Å². The van der Waals surface area contributed by atoms with Crippen LogP contribution in [-0.4, -0.2) is 36.5 Å². The summed E-state index contributed by atoms with van der Waals surface area (Å²) in [7, 11) is 1.47. The van der Waals surface area contributed by atoms with Crippen molar-refractivity contribution < 1.29 is 29.2 Å². The van der Waals surface area contributed by atoms with Gasteiger partial charge < -0.3 is 24.4 Å². The lowest BCUT2D eigenvalue weighted by Crippen LogP contribution is -2.20. The summed E-state index contributed by atoms with van der Waals surface area (Å²) in [6.07, 6.45) is 5.75. The summed E-state index contributed by atoms with van der Waals surface area (Å²) >= 11 is 0. The van der Waals surface area contributed by atoms with Crippen molar-refractivity contribution in [3.63, 3.8) is 0 Å². The van der Waals surface area contributed by atoms with Crippen molar-refractivity contribution in [1.29, 1.82) is 0 Å². The summed E-state index contributed by atoms with van der Waals surface area (Å²) in [6, 6.07) is 1.63. The molecule has 0 amide bonds. The molecule has 1 aromatic rings. The minimum absolute atomic E-state index is 0.0846. The van der Waals surface area contributed by atoms with E-state index in [4.69, 9.17) is 19.3 Å². The first-order valence-corrected chi connectivity index (χ1v) is 8.94. The maximum Gasteiger partial charge on any atom is 0.345 e. The van der Waals surface area contributed by atoms with Crippen LogP contribution < -0.4 is 9.47 Å². The van der Waals surface area contributed by atoms with Crippen LogP contribution in [0.4, 0.5) is 0 Å². The first-order chi connectivity index (χ1) is 12.7. The zero-order chi connectivity index (χ0) is 20.2. The molecule has 1 aliphatic rings. The lowest BCUT2D eigenvalue weighted by atomic mass is 9.98. The number of aliphatic hydroxyl groups excluding tert-OH is 1. The highest BCUT2D eigenvalue weighted by Crippen LogP contribution is 2.44. The average Bonchev–Trinajstić information content (AvgIpc) is 2.83. The number of carbonyl (C=O) groups is 1. The Morgan fingerprint density at radius 2 is 2.00 bits per heavy atom. The quantitative estimate of drug-likeness (QED) is 0.534. The average molecular weight is 376 g/mol. The van der Waals surface area contributed by atoms with E-state index in [0.717, 1.165) is 18.4 Å². The molecule has 6 heteroatoms. The van der Waals surface area contributed by atoms with Crippen LogP contribution in [0.3, 0.4) is 0 Å². The molecule has 1 unspecified atom stereocenters. The fourth-order valence-corrected chi connectivity index (χ4v) is 2.98. The largest absolute Gasteiger partial charge is 0.495 e. The van der Waals surface area contributed by atoms with Gasteiger partial charge in [-0.05, 0) is 45.8 Å². The third kappa shape index (κ3) is 4.70. The summed E-state index contributed by atoms with van der Waals surface area (Å²) in [5, 5.41) is 19.3. The van der Waals surface area contributed by atoms with Crippen molar-refractivity contribution in [2.24, 2.45) is 0 Å². The number of rotatable bonds is 8. The molecule has 148 valence electrons. The van der Waals surface area contributed by atoms with Gasteiger partial charge in [-0.25, -0.2) is 4.79 Å². The zero-order valence-electron chi connectivity index (χ0n) is 16.6. The lowest BCUT2D eigenvalue weighted by molar-refractivity contribution is -0.147. The van der Waals surface area contributed by atoms with Gasteiger partial charge in [0.05, 0.1) is 13.7 Å². The van der Waals surface area contributed by atoms with Gasteiger partial charge in [-0.1, -0.05) is 17.2 Å². The smallest absolute Gasteiger partial charge is 0.345 e. The van der Waals surface area contributed by atoms with E-state index in [1.165, 1.54) is 19.6 Å². The summed E-state index contributed by atoms with van der Waals surface area (Å²) in [5.41, 5.74) is 3.40. The van der Waals surface area contributed by atoms with Gasteiger partial charge in [0.1, 0.15) is 23.7 Å². The lowest BCUT2D eigenvalue weighted by Gasteiger charge is -2.18. The van der Waals surface area contributed by atoms with E-state index in [1.54, 1.807) is 13.0 Å². The Labute approximate surface area is 160 Å². The SMILES string of the molecule is COc1c(C)c(OC/C=C(\C)CC/C=C(\C)CO)cc2c1C(=O)OC2(C)O. The number of ether oxygens (including phenoxy) is 3. The molecule has 0 bridgehead atoms. The van der Waals surface area contributed by atoms with Gasteiger partial charge in [-0.15, -0.1) is 0 Å². The van der Waals surface area contributed by atoms with Crippen LogP contribution in [0.2, 0.25) is 0 Å². The molecule has 0 aliphatic carbocycles. The minimum Gasteiger partial charge on any atom is -0.495 e. The first-order valence-electron chi connectivity index (χ1n) is 8.94. The van der Waals surface area contributed by atoms with E-state index in [9.17, 15) is 9.90 Å². The maximum atomic E-state index is 12.1. The molecule has 0 fully saturated rings. The van der Waals surface area contributed by atoms with Crippen molar-refractivity contribution in [2.45, 2.75) is 46.3 Å². The Bertz CT molecular complexity index is 773. The highest BCUT2D eigenvalue weighted by Gasteiger charge is 2.43. The molecule has 6 nitrogen and oxygen atoms in total. The van der Waals surface area contributed by atoms with Gasteiger partial charge in [0, 0.05) is 18.1 Å². The summed E-state index contributed by atoms with van der Waals surface area (Å²) in [5.74, 6) is -1.42. The predicted octanol–water partition coefficient (Wildman–Crippen LogP) is 3.38. The second kappa shape index (κ2) is 8.59. The van der Waals surface area contributed by atoms with E-state index in [1.807, 2.05) is 26.0 Å². The molecule has 0 spiro atoms. The molecule has 1 aliphatic heterocycles. The fourth-order valence-electron chi connectivity index (χ4n) is 2.98. The normalized spacial score (nSPS) is 19.7. The summed E-state index contributed by atoms with van der Waals surface area (Å²) in [6.45, 7) is 7.58. The van der Waals surface area contributed by atoms with Crippen LogP contribution in [0.15, 0.2) is 29.4 Å². The van der Waals surface area contributed by atoms with E-state index in [-0.39, 0.29) is 12.2 Å².